The van der Waals surface area contributed by atoms with Crippen LogP contribution < -0.4 is 10.6 Å². The van der Waals surface area contributed by atoms with Gasteiger partial charge in [0.05, 0.1) is 19.3 Å². The van der Waals surface area contributed by atoms with Crippen molar-refractivity contribution in [1.82, 2.24) is 25.3 Å². The maximum absolute atomic E-state index is 11.8. The molecule has 2 aromatic rings. The van der Waals surface area contributed by atoms with Gasteiger partial charge in [-0.3, -0.25) is 9.67 Å². The molecule has 1 saturated heterocycles. The molecule has 1 aromatic heterocycles. The number of nitrogens with zero attached hydrogens (tertiary/aromatic N) is 4. The molecule has 8 heteroatoms. The van der Waals surface area contributed by atoms with Gasteiger partial charge in [0.2, 0.25) is 0 Å². The van der Waals surface area contributed by atoms with Crippen LogP contribution >= 0.6 is 0 Å². The summed E-state index contributed by atoms with van der Waals surface area (Å²) in [5, 5.41) is 11.2. The van der Waals surface area contributed by atoms with Gasteiger partial charge in [0.25, 0.3) is 0 Å². The third-order valence-corrected chi connectivity index (χ3v) is 4.92. The number of ether oxygens (including phenoxy) is 1. The van der Waals surface area contributed by atoms with E-state index in [2.05, 4.69) is 32.9 Å². The van der Waals surface area contributed by atoms with E-state index in [4.69, 9.17) is 4.74 Å². The second kappa shape index (κ2) is 10.5. The summed E-state index contributed by atoms with van der Waals surface area (Å²) in [5.74, 6) is 0.760. The van der Waals surface area contributed by atoms with Crippen molar-refractivity contribution in [3.63, 3.8) is 0 Å². The molecule has 8 nitrogen and oxygen atoms in total. The Balaban J connectivity index is 1.43. The van der Waals surface area contributed by atoms with Crippen LogP contribution in [-0.2, 0) is 17.8 Å². The molecule has 0 atom stereocenters. The maximum Gasteiger partial charge on any atom is 0.409 e. The molecule has 1 amide bonds. The number of carbonyl (C=O) groups is 1. The van der Waals surface area contributed by atoms with Crippen LogP contribution in [0.5, 0.6) is 0 Å². The number of aliphatic imine (C=N–C) groups is 1. The molecule has 29 heavy (non-hydrogen) atoms. The van der Waals surface area contributed by atoms with Gasteiger partial charge in [0, 0.05) is 44.5 Å². The number of rotatable bonds is 6. The van der Waals surface area contributed by atoms with Gasteiger partial charge in [-0.15, -0.1) is 0 Å². The Morgan fingerprint density at radius 3 is 2.69 bits per heavy atom. The first-order valence-electron chi connectivity index (χ1n) is 10.1. The smallest absolute Gasteiger partial charge is 0.409 e. The molecule has 2 heterocycles. The highest BCUT2D eigenvalue weighted by atomic mass is 16.6. The van der Waals surface area contributed by atoms with Crippen LogP contribution in [0.15, 0.2) is 47.7 Å². The van der Waals surface area contributed by atoms with Gasteiger partial charge in [-0.05, 0) is 25.3 Å². The van der Waals surface area contributed by atoms with Crippen LogP contribution in [0.25, 0.3) is 0 Å². The van der Waals surface area contributed by atoms with Crippen molar-refractivity contribution in [2.75, 3.05) is 26.7 Å². The average Bonchev–Trinajstić information content (AvgIpc) is 3.19. The van der Waals surface area contributed by atoms with Crippen LogP contribution in [0.4, 0.5) is 4.79 Å². The number of nitrogens with one attached hydrogen (secondary N) is 2. The number of guanidine groups is 1. The quantitative estimate of drug-likeness (QED) is 0.576. The molecular formula is C21H30N6O2. The predicted molar refractivity (Wildman–Crippen MR) is 113 cm³/mol. The molecule has 0 aliphatic carbocycles. The highest BCUT2D eigenvalue weighted by Gasteiger charge is 2.24. The minimum atomic E-state index is -0.221. The second-order valence-electron chi connectivity index (χ2n) is 7.06. The number of benzene rings is 1. The average molecular weight is 399 g/mol. The van der Waals surface area contributed by atoms with E-state index in [1.165, 1.54) is 5.56 Å². The highest BCUT2D eigenvalue weighted by molar-refractivity contribution is 5.80. The Morgan fingerprint density at radius 2 is 2.00 bits per heavy atom. The van der Waals surface area contributed by atoms with E-state index in [-0.39, 0.29) is 12.1 Å². The molecule has 1 aliphatic rings. The largest absolute Gasteiger partial charge is 0.450 e. The summed E-state index contributed by atoms with van der Waals surface area (Å²) < 4.78 is 7.01. The normalized spacial score (nSPS) is 15.2. The fourth-order valence-corrected chi connectivity index (χ4v) is 3.35. The summed E-state index contributed by atoms with van der Waals surface area (Å²) in [5.41, 5.74) is 2.32. The Bertz CT molecular complexity index is 797. The Hall–Kier alpha value is -3.03. The molecule has 0 bridgehead atoms. The zero-order valence-electron chi connectivity index (χ0n) is 17.2. The van der Waals surface area contributed by atoms with Crippen molar-refractivity contribution in [1.29, 1.82) is 0 Å². The van der Waals surface area contributed by atoms with Crippen LogP contribution in [0.2, 0.25) is 0 Å². The summed E-state index contributed by atoms with van der Waals surface area (Å²) in [6, 6.07) is 10.6. The molecule has 1 aliphatic heterocycles. The van der Waals surface area contributed by atoms with Crippen LogP contribution in [0.1, 0.15) is 30.9 Å². The van der Waals surface area contributed by atoms with Crippen molar-refractivity contribution < 1.29 is 9.53 Å². The van der Waals surface area contributed by atoms with Crippen LogP contribution in [0.3, 0.4) is 0 Å². The molecule has 0 unspecified atom stereocenters. The second-order valence-corrected chi connectivity index (χ2v) is 7.06. The standard InChI is InChI=1S/C21H30N6O2/c1-3-29-21(28)26-11-9-19(10-12-26)25-20(22-2)23-13-18-14-24-27(16-18)15-17-7-5-4-6-8-17/h4-8,14,16,19H,3,9-13,15H2,1-2H3,(H2,22,23,25). The van der Waals surface area contributed by atoms with E-state index in [1.807, 2.05) is 42.2 Å². The number of piperidine rings is 1. The van der Waals surface area contributed by atoms with E-state index in [1.54, 1.807) is 11.9 Å². The Kier molecular flexibility index (Phi) is 7.49. The van der Waals surface area contributed by atoms with E-state index in [9.17, 15) is 4.79 Å². The molecule has 0 radical (unpaired) electrons. The van der Waals surface area contributed by atoms with Crippen molar-refractivity contribution in [3.05, 3.63) is 53.9 Å². The minimum absolute atomic E-state index is 0.221. The molecular weight excluding hydrogens is 368 g/mol. The fraction of sp³-hybridized carbons (Fsp3) is 0.476. The Morgan fingerprint density at radius 1 is 1.24 bits per heavy atom. The summed E-state index contributed by atoms with van der Waals surface area (Å²) in [6.45, 7) is 5.03. The first kappa shape index (κ1) is 20.7. The molecule has 1 aromatic carbocycles. The molecule has 0 saturated carbocycles. The number of carbonyl (C=O) groups excluding carboxylic acids is 1. The van der Waals surface area contributed by atoms with Crippen molar-refractivity contribution in [2.45, 2.75) is 38.9 Å². The third kappa shape index (κ3) is 6.23. The lowest BCUT2D eigenvalue weighted by molar-refractivity contribution is 0.0963. The van der Waals surface area contributed by atoms with Crippen LogP contribution in [-0.4, -0.2) is 59.5 Å². The van der Waals surface area contributed by atoms with E-state index < -0.39 is 0 Å². The van der Waals surface area contributed by atoms with Gasteiger partial charge in [0.1, 0.15) is 0 Å². The summed E-state index contributed by atoms with van der Waals surface area (Å²) in [4.78, 5) is 17.9. The molecule has 2 N–H and O–H groups in total. The number of amides is 1. The number of hydrogen-bond acceptors (Lipinski definition) is 4. The van der Waals surface area contributed by atoms with E-state index in [0.717, 1.165) is 30.9 Å². The number of hydrogen-bond donors (Lipinski definition) is 2. The lowest BCUT2D eigenvalue weighted by atomic mass is 10.1. The summed E-state index contributed by atoms with van der Waals surface area (Å²) in [7, 11) is 1.77. The Labute approximate surface area is 171 Å². The lowest BCUT2D eigenvalue weighted by Crippen LogP contribution is -2.49. The van der Waals surface area contributed by atoms with Crippen molar-refractivity contribution in [2.24, 2.45) is 4.99 Å². The molecule has 156 valence electrons. The number of likely N-dealkylation sites (tertiary alicyclic amines) is 1. The monoisotopic (exact) mass is 398 g/mol. The lowest BCUT2D eigenvalue weighted by Gasteiger charge is -2.32. The summed E-state index contributed by atoms with van der Waals surface area (Å²) in [6.07, 6.45) is 5.44. The fourth-order valence-electron chi connectivity index (χ4n) is 3.35. The van der Waals surface area contributed by atoms with Gasteiger partial charge in [-0.2, -0.15) is 5.10 Å². The van der Waals surface area contributed by atoms with Gasteiger partial charge < -0.3 is 20.3 Å². The molecule has 0 spiro atoms. The van der Waals surface area contributed by atoms with Gasteiger partial charge in [0.15, 0.2) is 5.96 Å². The van der Waals surface area contributed by atoms with E-state index in [0.29, 0.717) is 26.2 Å². The summed E-state index contributed by atoms with van der Waals surface area (Å²) >= 11 is 0. The highest BCUT2D eigenvalue weighted by Crippen LogP contribution is 2.11. The molecule has 3 rings (SSSR count). The third-order valence-electron chi connectivity index (χ3n) is 4.92. The first-order valence-corrected chi connectivity index (χ1v) is 10.1. The van der Waals surface area contributed by atoms with E-state index >= 15 is 0 Å². The number of aromatic nitrogens is 2. The van der Waals surface area contributed by atoms with Crippen molar-refractivity contribution in [3.8, 4) is 0 Å². The zero-order chi connectivity index (χ0) is 20.5. The van der Waals surface area contributed by atoms with Crippen LogP contribution in [0, 0.1) is 0 Å². The first-order chi connectivity index (χ1) is 14.2. The zero-order valence-corrected chi connectivity index (χ0v) is 17.2. The SMILES string of the molecule is CCOC(=O)N1CCC(NC(=NC)NCc2cnn(Cc3ccccc3)c2)CC1. The minimum Gasteiger partial charge on any atom is -0.450 e. The maximum atomic E-state index is 11.8. The predicted octanol–water partition coefficient (Wildman–Crippen LogP) is 2.22. The van der Waals surface area contributed by atoms with Gasteiger partial charge in [-0.1, -0.05) is 30.3 Å². The van der Waals surface area contributed by atoms with Gasteiger partial charge >= 0.3 is 6.09 Å². The van der Waals surface area contributed by atoms with Crippen molar-refractivity contribution >= 4 is 12.1 Å². The van der Waals surface area contributed by atoms with Gasteiger partial charge in [-0.25, -0.2) is 4.79 Å². The molecule has 1 fully saturated rings. The topological polar surface area (TPSA) is 83.8 Å².